The fourth-order valence-electron chi connectivity index (χ4n) is 2.40. The standard InChI is InChI=1S/C14H19F3N2O2/c1-21-12-9-10(2-5-19-6-3-18-4-7-19)8-11(13(12)20)14(15,16)17/h8-9,18,20H,2-7H2,1H3. The fourth-order valence-corrected chi connectivity index (χ4v) is 2.40. The van der Waals surface area contributed by atoms with Gasteiger partial charge in [-0.25, -0.2) is 0 Å². The molecule has 7 heteroatoms. The highest BCUT2D eigenvalue weighted by molar-refractivity contribution is 5.49. The third-order valence-electron chi connectivity index (χ3n) is 3.59. The molecule has 1 heterocycles. The van der Waals surface area contributed by atoms with Crippen LogP contribution in [0.1, 0.15) is 11.1 Å². The molecule has 118 valence electrons. The summed E-state index contributed by atoms with van der Waals surface area (Å²) in [6.45, 7) is 4.26. The molecule has 1 aliphatic rings. The van der Waals surface area contributed by atoms with Crippen LogP contribution in [0.25, 0.3) is 0 Å². The van der Waals surface area contributed by atoms with Gasteiger partial charge in [-0.05, 0) is 24.1 Å². The fraction of sp³-hybridized carbons (Fsp3) is 0.571. The molecule has 0 atom stereocenters. The number of hydrogen-bond acceptors (Lipinski definition) is 4. The van der Waals surface area contributed by atoms with Crippen molar-refractivity contribution in [2.75, 3.05) is 39.8 Å². The zero-order valence-corrected chi connectivity index (χ0v) is 11.8. The number of hydrogen-bond donors (Lipinski definition) is 2. The van der Waals surface area contributed by atoms with Crippen LogP contribution in [0.3, 0.4) is 0 Å². The number of halogens is 3. The molecule has 1 fully saturated rings. The maximum absolute atomic E-state index is 12.9. The molecule has 1 aromatic rings. The first kappa shape index (κ1) is 15.9. The van der Waals surface area contributed by atoms with E-state index in [0.29, 0.717) is 18.5 Å². The molecule has 0 aliphatic carbocycles. The monoisotopic (exact) mass is 304 g/mol. The first-order valence-corrected chi connectivity index (χ1v) is 6.82. The topological polar surface area (TPSA) is 44.7 Å². The summed E-state index contributed by atoms with van der Waals surface area (Å²) in [5, 5.41) is 12.8. The van der Waals surface area contributed by atoms with Crippen LogP contribution in [0.4, 0.5) is 13.2 Å². The van der Waals surface area contributed by atoms with Gasteiger partial charge < -0.3 is 20.1 Å². The van der Waals surface area contributed by atoms with Crippen LogP contribution in [-0.2, 0) is 12.6 Å². The summed E-state index contributed by atoms with van der Waals surface area (Å²) in [5.74, 6) is -0.990. The zero-order valence-electron chi connectivity index (χ0n) is 11.8. The second-order valence-corrected chi connectivity index (χ2v) is 5.03. The SMILES string of the molecule is COc1cc(CCN2CCNCC2)cc(C(F)(F)F)c1O. The molecular weight excluding hydrogens is 285 g/mol. The van der Waals surface area contributed by atoms with Crippen molar-refractivity contribution in [1.29, 1.82) is 0 Å². The van der Waals surface area contributed by atoms with Crippen molar-refractivity contribution >= 4 is 0 Å². The van der Waals surface area contributed by atoms with E-state index in [0.717, 1.165) is 32.2 Å². The highest BCUT2D eigenvalue weighted by Crippen LogP contribution is 2.41. The van der Waals surface area contributed by atoms with Crippen LogP contribution < -0.4 is 10.1 Å². The molecule has 2 rings (SSSR count). The van der Waals surface area contributed by atoms with E-state index in [1.807, 2.05) is 0 Å². The third-order valence-corrected chi connectivity index (χ3v) is 3.59. The Balaban J connectivity index is 2.15. The van der Waals surface area contributed by atoms with Crippen LogP contribution in [0.5, 0.6) is 11.5 Å². The molecule has 21 heavy (non-hydrogen) atoms. The number of nitrogens with zero attached hydrogens (tertiary/aromatic N) is 1. The van der Waals surface area contributed by atoms with Crippen LogP contribution in [-0.4, -0.2) is 49.8 Å². The number of alkyl halides is 3. The van der Waals surface area contributed by atoms with Gasteiger partial charge in [0.2, 0.25) is 0 Å². The summed E-state index contributed by atoms with van der Waals surface area (Å²) in [5.41, 5.74) is -0.535. The van der Waals surface area contributed by atoms with E-state index in [1.165, 1.54) is 13.2 Å². The number of methoxy groups -OCH3 is 1. The van der Waals surface area contributed by atoms with Crippen LogP contribution in [0, 0.1) is 0 Å². The molecule has 0 aromatic heterocycles. The lowest BCUT2D eigenvalue weighted by Crippen LogP contribution is -2.44. The van der Waals surface area contributed by atoms with Gasteiger partial charge >= 0.3 is 6.18 Å². The van der Waals surface area contributed by atoms with Gasteiger partial charge in [0, 0.05) is 32.7 Å². The van der Waals surface area contributed by atoms with Gasteiger partial charge in [0.05, 0.1) is 7.11 Å². The Morgan fingerprint density at radius 3 is 2.52 bits per heavy atom. The molecule has 1 aromatic carbocycles. The highest BCUT2D eigenvalue weighted by Gasteiger charge is 2.35. The van der Waals surface area contributed by atoms with Crippen molar-refractivity contribution in [2.45, 2.75) is 12.6 Å². The smallest absolute Gasteiger partial charge is 0.420 e. The van der Waals surface area contributed by atoms with E-state index in [-0.39, 0.29) is 5.75 Å². The first-order chi connectivity index (χ1) is 9.91. The molecule has 0 bridgehead atoms. The summed E-state index contributed by atoms with van der Waals surface area (Å²) in [7, 11) is 1.25. The largest absolute Gasteiger partial charge is 0.504 e. The van der Waals surface area contributed by atoms with Gasteiger partial charge in [-0.15, -0.1) is 0 Å². The molecule has 2 N–H and O–H groups in total. The number of piperazine rings is 1. The van der Waals surface area contributed by atoms with Gasteiger partial charge in [0.25, 0.3) is 0 Å². The Labute approximate surface area is 121 Å². The predicted molar refractivity (Wildman–Crippen MR) is 72.7 cm³/mol. The Hall–Kier alpha value is -1.47. The molecule has 0 saturated carbocycles. The minimum absolute atomic E-state index is 0.139. The second-order valence-electron chi connectivity index (χ2n) is 5.03. The number of nitrogens with one attached hydrogen (secondary N) is 1. The lowest BCUT2D eigenvalue weighted by atomic mass is 10.1. The third kappa shape index (κ3) is 4.01. The van der Waals surface area contributed by atoms with E-state index in [2.05, 4.69) is 10.2 Å². The van der Waals surface area contributed by atoms with Crippen molar-refractivity contribution in [3.05, 3.63) is 23.3 Å². The second kappa shape index (κ2) is 6.53. The van der Waals surface area contributed by atoms with Crippen LogP contribution >= 0.6 is 0 Å². The number of rotatable bonds is 4. The number of aromatic hydroxyl groups is 1. The number of phenolic OH excluding ortho intramolecular Hbond substituents is 1. The Morgan fingerprint density at radius 2 is 1.95 bits per heavy atom. The maximum atomic E-state index is 12.9. The van der Waals surface area contributed by atoms with E-state index in [1.54, 1.807) is 0 Å². The predicted octanol–water partition coefficient (Wildman–Crippen LogP) is 1.87. The van der Waals surface area contributed by atoms with E-state index < -0.39 is 17.5 Å². The molecular formula is C14H19F3N2O2. The Morgan fingerprint density at radius 1 is 1.29 bits per heavy atom. The highest BCUT2D eigenvalue weighted by atomic mass is 19.4. The maximum Gasteiger partial charge on any atom is 0.420 e. The van der Waals surface area contributed by atoms with Crippen molar-refractivity contribution in [3.8, 4) is 11.5 Å². The molecule has 0 radical (unpaired) electrons. The quantitative estimate of drug-likeness (QED) is 0.891. The van der Waals surface area contributed by atoms with Crippen LogP contribution in [0.15, 0.2) is 12.1 Å². The summed E-state index contributed by atoms with van der Waals surface area (Å²) in [6, 6.07) is 2.47. The minimum atomic E-state index is -4.59. The van der Waals surface area contributed by atoms with Gasteiger partial charge in [-0.2, -0.15) is 13.2 Å². The first-order valence-electron chi connectivity index (χ1n) is 6.82. The zero-order chi connectivity index (χ0) is 15.5. The Bertz CT molecular complexity index is 486. The average Bonchev–Trinajstić information content (AvgIpc) is 2.46. The summed E-state index contributed by atoms with van der Waals surface area (Å²) < 4.78 is 43.6. The van der Waals surface area contributed by atoms with Crippen molar-refractivity contribution in [2.24, 2.45) is 0 Å². The van der Waals surface area contributed by atoms with Crippen molar-refractivity contribution in [1.82, 2.24) is 10.2 Å². The van der Waals surface area contributed by atoms with Crippen molar-refractivity contribution in [3.63, 3.8) is 0 Å². The van der Waals surface area contributed by atoms with Crippen molar-refractivity contribution < 1.29 is 23.0 Å². The summed E-state index contributed by atoms with van der Waals surface area (Å²) in [6.07, 6.45) is -4.11. The van der Waals surface area contributed by atoms with E-state index >= 15 is 0 Å². The molecule has 4 nitrogen and oxygen atoms in total. The van der Waals surface area contributed by atoms with Crippen LogP contribution in [0.2, 0.25) is 0 Å². The van der Waals surface area contributed by atoms with E-state index in [4.69, 9.17) is 4.74 Å². The normalized spacial score (nSPS) is 17.0. The van der Waals surface area contributed by atoms with Gasteiger partial charge in [-0.1, -0.05) is 0 Å². The van der Waals surface area contributed by atoms with Gasteiger partial charge in [-0.3, -0.25) is 0 Å². The molecule has 1 aliphatic heterocycles. The number of phenols is 1. The number of benzene rings is 1. The lowest BCUT2D eigenvalue weighted by Gasteiger charge is -2.27. The summed E-state index contributed by atoms with van der Waals surface area (Å²) in [4.78, 5) is 2.20. The summed E-state index contributed by atoms with van der Waals surface area (Å²) >= 11 is 0. The van der Waals surface area contributed by atoms with E-state index in [9.17, 15) is 18.3 Å². The molecule has 0 spiro atoms. The Kier molecular flexibility index (Phi) is 4.95. The lowest BCUT2D eigenvalue weighted by molar-refractivity contribution is -0.138. The van der Waals surface area contributed by atoms with Gasteiger partial charge in [0.15, 0.2) is 11.5 Å². The van der Waals surface area contributed by atoms with Gasteiger partial charge in [0.1, 0.15) is 5.56 Å². The minimum Gasteiger partial charge on any atom is -0.504 e. The number of ether oxygens (including phenoxy) is 1. The molecule has 0 amide bonds. The molecule has 0 unspecified atom stereocenters. The average molecular weight is 304 g/mol. The molecule has 1 saturated heterocycles.